The molecule has 1 aromatic rings. The van der Waals surface area contributed by atoms with Gasteiger partial charge in [-0.05, 0) is 23.1 Å². The summed E-state index contributed by atoms with van der Waals surface area (Å²) in [5.74, 6) is -0.301. The molecule has 1 unspecified atom stereocenters. The Kier molecular flexibility index (Phi) is 4.48. The van der Waals surface area contributed by atoms with Crippen molar-refractivity contribution < 1.29 is 9.18 Å². The molecule has 0 amide bonds. The van der Waals surface area contributed by atoms with Crippen molar-refractivity contribution in [2.45, 2.75) is 40.5 Å². The lowest BCUT2D eigenvalue weighted by atomic mass is 9.69. The summed E-state index contributed by atoms with van der Waals surface area (Å²) in [5, 5.41) is 0. The van der Waals surface area contributed by atoms with Gasteiger partial charge in [0.2, 0.25) is 0 Å². The first-order valence-electron chi connectivity index (χ1n) is 7.94. The molecule has 0 radical (unpaired) electrons. The van der Waals surface area contributed by atoms with Crippen molar-refractivity contribution in [2.24, 2.45) is 10.8 Å². The average molecular weight is 312 g/mol. The predicted octanol–water partition coefficient (Wildman–Crippen LogP) is 5.60. The maximum absolute atomic E-state index is 13.6. The monoisotopic (exact) mass is 312 g/mol. The molecule has 2 rings (SSSR count). The number of allylic oxidation sites excluding steroid dienone is 5. The molecule has 0 aliphatic heterocycles. The standard InChI is InChI=1S/C21H25FO/c1-7-21(5,6)18-13-15(14-9-8-10-16(22)11-14)12-17(19(18)23)20(2,3)4/h7-13,15H,1H2,2-6H3. The van der Waals surface area contributed by atoms with Gasteiger partial charge >= 0.3 is 0 Å². The molecule has 2 heteroatoms. The zero-order chi connectivity index (χ0) is 17.4. The van der Waals surface area contributed by atoms with Gasteiger partial charge in [0.15, 0.2) is 5.78 Å². The van der Waals surface area contributed by atoms with Gasteiger partial charge in [-0.2, -0.15) is 0 Å². The molecule has 1 aromatic carbocycles. The Labute approximate surface area is 138 Å². The van der Waals surface area contributed by atoms with Gasteiger partial charge in [-0.25, -0.2) is 4.39 Å². The van der Waals surface area contributed by atoms with Gasteiger partial charge < -0.3 is 0 Å². The van der Waals surface area contributed by atoms with Gasteiger partial charge in [0.25, 0.3) is 0 Å². The fraction of sp³-hybridized carbons (Fsp3) is 0.381. The molecule has 0 N–H and O–H groups in total. The summed E-state index contributed by atoms with van der Waals surface area (Å²) in [6.45, 7) is 13.9. The first-order chi connectivity index (χ1) is 10.6. The van der Waals surface area contributed by atoms with Gasteiger partial charge in [-0.1, -0.05) is 65.0 Å². The van der Waals surface area contributed by atoms with Gasteiger partial charge in [-0.3, -0.25) is 4.79 Å². The zero-order valence-electron chi connectivity index (χ0n) is 14.6. The highest BCUT2D eigenvalue weighted by Gasteiger charge is 2.36. The molecule has 1 atom stereocenters. The molecule has 0 saturated heterocycles. The second-order valence-corrected chi connectivity index (χ2v) is 7.75. The van der Waals surface area contributed by atoms with Crippen molar-refractivity contribution in [3.8, 4) is 0 Å². The summed E-state index contributed by atoms with van der Waals surface area (Å²) in [6.07, 6.45) is 5.72. The van der Waals surface area contributed by atoms with E-state index >= 15 is 0 Å². The van der Waals surface area contributed by atoms with Crippen LogP contribution in [0.5, 0.6) is 0 Å². The number of hydrogen-bond donors (Lipinski definition) is 0. The van der Waals surface area contributed by atoms with Gasteiger partial charge in [0.1, 0.15) is 5.82 Å². The van der Waals surface area contributed by atoms with Crippen molar-refractivity contribution in [3.63, 3.8) is 0 Å². The van der Waals surface area contributed by atoms with Crippen molar-refractivity contribution in [1.82, 2.24) is 0 Å². The number of hydrogen-bond acceptors (Lipinski definition) is 1. The molecule has 1 aliphatic carbocycles. The topological polar surface area (TPSA) is 17.1 Å². The number of ketones is 1. The van der Waals surface area contributed by atoms with Crippen LogP contribution in [0.4, 0.5) is 4.39 Å². The van der Waals surface area contributed by atoms with E-state index in [1.807, 2.05) is 52.8 Å². The SMILES string of the molecule is C=CC(C)(C)C1=CC(c2cccc(F)c2)C=C(C(C)(C)C)C1=O. The second kappa shape index (κ2) is 5.92. The fourth-order valence-electron chi connectivity index (χ4n) is 2.82. The number of carbonyl (C=O) groups is 1. The Morgan fingerprint density at radius 1 is 1.09 bits per heavy atom. The highest BCUT2D eigenvalue weighted by atomic mass is 19.1. The van der Waals surface area contributed by atoms with E-state index in [9.17, 15) is 9.18 Å². The number of rotatable bonds is 3. The molecule has 0 bridgehead atoms. The fourth-order valence-corrected chi connectivity index (χ4v) is 2.82. The number of benzene rings is 1. The minimum absolute atomic E-state index is 0.0649. The summed E-state index contributed by atoms with van der Waals surface area (Å²) in [6, 6.07) is 6.57. The molecule has 23 heavy (non-hydrogen) atoms. The van der Waals surface area contributed by atoms with Crippen LogP contribution in [0.3, 0.4) is 0 Å². The van der Waals surface area contributed by atoms with Crippen LogP contribution in [-0.4, -0.2) is 5.78 Å². The molecular weight excluding hydrogens is 287 g/mol. The van der Waals surface area contributed by atoms with E-state index in [0.717, 1.165) is 16.7 Å². The highest BCUT2D eigenvalue weighted by molar-refractivity contribution is 6.11. The van der Waals surface area contributed by atoms with Crippen molar-refractivity contribution in [1.29, 1.82) is 0 Å². The largest absolute Gasteiger partial charge is 0.289 e. The Morgan fingerprint density at radius 3 is 2.22 bits per heavy atom. The molecule has 1 nitrogen and oxygen atoms in total. The summed E-state index contributed by atoms with van der Waals surface area (Å²) >= 11 is 0. The molecule has 0 heterocycles. The zero-order valence-corrected chi connectivity index (χ0v) is 14.6. The third kappa shape index (κ3) is 3.52. The Balaban J connectivity index is 2.61. The lowest BCUT2D eigenvalue weighted by molar-refractivity contribution is -0.114. The maximum atomic E-state index is 13.6. The lowest BCUT2D eigenvalue weighted by Crippen LogP contribution is -2.29. The number of carbonyl (C=O) groups excluding carboxylic acids is 1. The third-order valence-electron chi connectivity index (χ3n) is 4.43. The van der Waals surface area contributed by atoms with Crippen LogP contribution >= 0.6 is 0 Å². The van der Waals surface area contributed by atoms with E-state index < -0.39 is 5.41 Å². The van der Waals surface area contributed by atoms with E-state index in [4.69, 9.17) is 0 Å². The Bertz CT molecular complexity index is 699. The summed E-state index contributed by atoms with van der Waals surface area (Å²) < 4.78 is 13.6. The van der Waals surface area contributed by atoms with E-state index in [0.29, 0.717) is 0 Å². The Morgan fingerprint density at radius 2 is 1.70 bits per heavy atom. The first-order valence-corrected chi connectivity index (χ1v) is 7.94. The van der Waals surface area contributed by atoms with Crippen LogP contribution in [0.25, 0.3) is 0 Å². The van der Waals surface area contributed by atoms with Crippen LogP contribution in [0.15, 0.2) is 60.2 Å². The van der Waals surface area contributed by atoms with Crippen molar-refractivity contribution in [2.75, 3.05) is 0 Å². The number of halogens is 1. The molecule has 0 fully saturated rings. The minimum atomic E-state index is -0.423. The van der Waals surface area contributed by atoms with Crippen LogP contribution < -0.4 is 0 Å². The predicted molar refractivity (Wildman–Crippen MR) is 93.7 cm³/mol. The van der Waals surface area contributed by atoms with E-state index in [2.05, 4.69) is 6.58 Å². The summed E-state index contributed by atoms with van der Waals surface area (Å²) in [5.41, 5.74) is 1.68. The van der Waals surface area contributed by atoms with Crippen LogP contribution in [0.1, 0.15) is 46.1 Å². The summed E-state index contributed by atoms with van der Waals surface area (Å²) in [4.78, 5) is 13.0. The molecule has 0 saturated carbocycles. The maximum Gasteiger partial charge on any atom is 0.185 e. The molecular formula is C21H25FO. The van der Waals surface area contributed by atoms with E-state index in [1.165, 1.54) is 12.1 Å². The Hall–Kier alpha value is -1.96. The van der Waals surface area contributed by atoms with E-state index in [1.54, 1.807) is 12.1 Å². The van der Waals surface area contributed by atoms with Gasteiger partial charge in [-0.15, -0.1) is 6.58 Å². The second-order valence-electron chi connectivity index (χ2n) is 7.75. The van der Waals surface area contributed by atoms with E-state index in [-0.39, 0.29) is 22.9 Å². The van der Waals surface area contributed by atoms with Crippen LogP contribution in [0, 0.1) is 16.6 Å². The van der Waals surface area contributed by atoms with Gasteiger partial charge in [0.05, 0.1) is 0 Å². The average Bonchev–Trinajstić information content (AvgIpc) is 2.46. The quantitative estimate of drug-likeness (QED) is 0.664. The third-order valence-corrected chi connectivity index (χ3v) is 4.43. The minimum Gasteiger partial charge on any atom is -0.289 e. The van der Waals surface area contributed by atoms with Crippen LogP contribution in [-0.2, 0) is 4.79 Å². The smallest absolute Gasteiger partial charge is 0.185 e. The highest BCUT2D eigenvalue weighted by Crippen LogP contribution is 2.42. The molecule has 122 valence electrons. The van der Waals surface area contributed by atoms with Crippen LogP contribution in [0.2, 0.25) is 0 Å². The number of Topliss-reactive ketones (excluding diaryl/α,β-unsaturated/α-hetero) is 1. The van der Waals surface area contributed by atoms with Crippen molar-refractivity contribution >= 4 is 5.78 Å². The lowest BCUT2D eigenvalue weighted by Gasteiger charge is -2.33. The first kappa shape index (κ1) is 17.4. The molecule has 0 aromatic heterocycles. The summed E-state index contributed by atoms with van der Waals surface area (Å²) in [7, 11) is 0. The van der Waals surface area contributed by atoms with Crippen molar-refractivity contribution in [3.05, 3.63) is 71.6 Å². The van der Waals surface area contributed by atoms with Gasteiger partial charge in [0, 0.05) is 22.5 Å². The normalized spacial score (nSPS) is 19.2. The molecule has 1 aliphatic rings. The molecule has 0 spiro atoms.